The Labute approximate surface area is 157 Å². The van der Waals surface area contributed by atoms with Crippen molar-refractivity contribution >= 4 is 0 Å². The van der Waals surface area contributed by atoms with E-state index in [1.807, 2.05) is 0 Å². The van der Waals surface area contributed by atoms with Gasteiger partial charge in [0, 0.05) is 7.11 Å². The molecule has 0 spiro atoms. The highest BCUT2D eigenvalue weighted by atomic mass is 16.5. The van der Waals surface area contributed by atoms with Crippen LogP contribution in [0, 0.1) is 0 Å². The van der Waals surface area contributed by atoms with Crippen molar-refractivity contribution in [1.82, 2.24) is 0 Å². The fourth-order valence-electron chi connectivity index (χ4n) is 3.44. The van der Waals surface area contributed by atoms with Crippen molar-refractivity contribution in [2.45, 2.75) is 128 Å². The predicted molar refractivity (Wildman–Crippen MR) is 108 cm³/mol. The van der Waals surface area contributed by atoms with Gasteiger partial charge in [0.2, 0.25) is 0 Å². The molecule has 0 aromatic rings. The molecule has 3 heteroatoms. The van der Waals surface area contributed by atoms with Crippen LogP contribution in [0.25, 0.3) is 0 Å². The molecule has 0 aliphatic heterocycles. The second kappa shape index (κ2) is 20.2. The predicted octanol–water partition coefficient (Wildman–Crippen LogP) is 6.01. The van der Waals surface area contributed by atoms with Crippen molar-refractivity contribution in [3.63, 3.8) is 0 Å². The lowest BCUT2D eigenvalue weighted by atomic mass is 10.0. The van der Waals surface area contributed by atoms with Crippen LogP contribution >= 0.6 is 0 Å². The number of hydrogen-bond donors (Lipinski definition) is 2. The zero-order chi connectivity index (χ0) is 18.6. The first-order valence-electron chi connectivity index (χ1n) is 11.1. The molecule has 0 fully saturated rings. The standard InChI is InChI=1S/C22H46O3/c1-3-4-5-6-7-8-9-10-11-12-13-14-15-16-17-18-19-21(24)22(20-23)25-2/h21-24H,3-20H2,1-2H3. The van der Waals surface area contributed by atoms with Crippen molar-refractivity contribution in [3.05, 3.63) is 0 Å². The van der Waals surface area contributed by atoms with Crippen molar-refractivity contribution < 1.29 is 14.9 Å². The SMILES string of the molecule is CCCCCCCCCCCCCCCCCCC(O)C(CO)OC. The van der Waals surface area contributed by atoms with E-state index in [0.717, 1.165) is 12.8 Å². The summed E-state index contributed by atoms with van der Waals surface area (Å²) in [6.45, 7) is 2.18. The number of ether oxygens (including phenoxy) is 1. The number of rotatable bonds is 20. The highest BCUT2D eigenvalue weighted by Crippen LogP contribution is 2.15. The summed E-state index contributed by atoms with van der Waals surface area (Å²) < 4.78 is 5.04. The lowest BCUT2D eigenvalue weighted by Crippen LogP contribution is -2.31. The largest absolute Gasteiger partial charge is 0.394 e. The third kappa shape index (κ3) is 17.1. The van der Waals surface area contributed by atoms with Gasteiger partial charge in [-0.3, -0.25) is 0 Å². The van der Waals surface area contributed by atoms with E-state index in [2.05, 4.69) is 6.92 Å². The van der Waals surface area contributed by atoms with E-state index in [1.165, 1.54) is 103 Å². The minimum atomic E-state index is -0.526. The topological polar surface area (TPSA) is 49.7 Å². The van der Waals surface area contributed by atoms with Gasteiger partial charge in [0.25, 0.3) is 0 Å². The molecule has 0 saturated carbocycles. The number of aliphatic hydroxyl groups excluding tert-OH is 2. The molecule has 2 N–H and O–H groups in total. The van der Waals surface area contributed by atoms with Crippen LogP contribution in [0.2, 0.25) is 0 Å². The van der Waals surface area contributed by atoms with E-state index in [4.69, 9.17) is 9.84 Å². The summed E-state index contributed by atoms with van der Waals surface area (Å²) >= 11 is 0. The van der Waals surface area contributed by atoms with Crippen LogP contribution < -0.4 is 0 Å². The molecule has 0 rings (SSSR count). The quantitative estimate of drug-likeness (QED) is 0.262. The summed E-state index contributed by atoms with van der Waals surface area (Å²) in [7, 11) is 1.54. The van der Waals surface area contributed by atoms with E-state index in [9.17, 15) is 5.11 Å². The van der Waals surface area contributed by atoms with Crippen LogP contribution in [0.15, 0.2) is 0 Å². The third-order valence-corrected chi connectivity index (χ3v) is 5.27. The molecule has 0 aliphatic carbocycles. The van der Waals surface area contributed by atoms with Gasteiger partial charge in [-0.15, -0.1) is 0 Å². The first-order chi connectivity index (χ1) is 12.3. The number of methoxy groups -OCH3 is 1. The van der Waals surface area contributed by atoms with Gasteiger partial charge < -0.3 is 14.9 Å². The highest BCUT2D eigenvalue weighted by molar-refractivity contribution is 4.67. The highest BCUT2D eigenvalue weighted by Gasteiger charge is 2.16. The third-order valence-electron chi connectivity index (χ3n) is 5.27. The maximum Gasteiger partial charge on any atom is 0.106 e. The lowest BCUT2D eigenvalue weighted by Gasteiger charge is -2.19. The van der Waals surface area contributed by atoms with E-state index in [1.54, 1.807) is 0 Å². The molecular formula is C22H46O3. The maximum atomic E-state index is 9.84. The van der Waals surface area contributed by atoms with Crippen LogP contribution in [-0.4, -0.2) is 36.1 Å². The number of hydrogen-bond acceptors (Lipinski definition) is 3. The smallest absolute Gasteiger partial charge is 0.106 e. The summed E-state index contributed by atoms with van der Waals surface area (Å²) in [5.74, 6) is 0. The number of aliphatic hydroxyl groups is 2. The Morgan fingerprint density at radius 2 is 1.00 bits per heavy atom. The molecule has 0 radical (unpaired) electrons. The molecule has 2 unspecified atom stereocenters. The summed E-state index contributed by atoms with van der Waals surface area (Å²) in [6, 6.07) is 0. The van der Waals surface area contributed by atoms with Gasteiger partial charge in [-0.1, -0.05) is 110 Å². The summed E-state index contributed by atoms with van der Waals surface area (Å²) in [5.41, 5.74) is 0. The van der Waals surface area contributed by atoms with E-state index in [0.29, 0.717) is 0 Å². The van der Waals surface area contributed by atoms with E-state index in [-0.39, 0.29) is 6.61 Å². The lowest BCUT2D eigenvalue weighted by molar-refractivity contribution is -0.0445. The van der Waals surface area contributed by atoms with Crippen molar-refractivity contribution in [1.29, 1.82) is 0 Å². The molecule has 0 aromatic heterocycles. The Kier molecular flexibility index (Phi) is 20.1. The monoisotopic (exact) mass is 358 g/mol. The average Bonchev–Trinajstić information content (AvgIpc) is 2.62. The minimum Gasteiger partial charge on any atom is -0.394 e. The molecule has 0 heterocycles. The molecular weight excluding hydrogens is 312 g/mol. The Bertz CT molecular complexity index is 241. The Morgan fingerprint density at radius 1 is 0.640 bits per heavy atom. The first kappa shape index (κ1) is 24.9. The normalized spacial score (nSPS) is 13.9. The van der Waals surface area contributed by atoms with Crippen LogP contribution in [0.3, 0.4) is 0 Å². The van der Waals surface area contributed by atoms with Gasteiger partial charge in [0.1, 0.15) is 6.10 Å². The molecule has 3 nitrogen and oxygen atoms in total. The molecule has 0 amide bonds. The van der Waals surface area contributed by atoms with Crippen LogP contribution in [0.5, 0.6) is 0 Å². The van der Waals surface area contributed by atoms with Crippen LogP contribution in [-0.2, 0) is 4.74 Å². The van der Waals surface area contributed by atoms with Gasteiger partial charge in [-0.2, -0.15) is 0 Å². The fourth-order valence-corrected chi connectivity index (χ4v) is 3.44. The molecule has 0 saturated heterocycles. The van der Waals surface area contributed by atoms with Crippen LogP contribution in [0.1, 0.15) is 116 Å². The molecule has 152 valence electrons. The van der Waals surface area contributed by atoms with Gasteiger partial charge >= 0.3 is 0 Å². The van der Waals surface area contributed by atoms with Crippen molar-refractivity contribution in [3.8, 4) is 0 Å². The van der Waals surface area contributed by atoms with Gasteiger partial charge in [-0.05, 0) is 6.42 Å². The van der Waals surface area contributed by atoms with Gasteiger partial charge in [0.15, 0.2) is 0 Å². The molecule has 25 heavy (non-hydrogen) atoms. The number of unbranched alkanes of at least 4 members (excludes halogenated alkanes) is 15. The Hall–Kier alpha value is -0.120. The van der Waals surface area contributed by atoms with Crippen LogP contribution in [0.4, 0.5) is 0 Å². The average molecular weight is 359 g/mol. The zero-order valence-corrected chi connectivity index (χ0v) is 17.2. The van der Waals surface area contributed by atoms with E-state index >= 15 is 0 Å². The molecule has 2 atom stereocenters. The Morgan fingerprint density at radius 3 is 1.32 bits per heavy atom. The summed E-state index contributed by atoms with van der Waals surface area (Å²) in [4.78, 5) is 0. The van der Waals surface area contributed by atoms with E-state index < -0.39 is 12.2 Å². The summed E-state index contributed by atoms with van der Waals surface area (Å²) in [6.07, 6.45) is 21.5. The molecule has 0 aliphatic rings. The maximum absolute atomic E-state index is 9.84. The molecule has 0 bridgehead atoms. The zero-order valence-electron chi connectivity index (χ0n) is 17.2. The second-order valence-electron chi connectivity index (χ2n) is 7.62. The Balaban J connectivity index is 3.14. The van der Waals surface area contributed by atoms with Gasteiger partial charge in [0.05, 0.1) is 12.7 Å². The molecule has 0 aromatic carbocycles. The minimum absolute atomic E-state index is 0.101. The van der Waals surface area contributed by atoms with Gasteiger partial charge in [-0.25, -0.2) is 0 Å². The van der Waals surface area contributed by atoms with Crippen molar-refractivity contribution in [2.24, 2.45) is 0 Å². The fraction of sp³-hybridized carbons (Fsp3) is 1.00. The summed E-state index contributed by atoms with van der Waals surface area (Å²) in [5, 5.41) is 18.9. The first-order valence-corrected chi connectivity index (χ1v) is 11.1. The second-order valence-corrected chi connectivity index (χ2v) is 7.62. The van der Waals surface area contributed by atoms with Crippen molar-refractivity contribution in [2.75, 3.05) is 13.7 Å².